The number of hydrogen-bond donors (Lipinski definition) is 8. The Morgan fingerprint density at radius 1 is 0.904 bits per heavy atom. The van der Waals surface area contributed by atoms with Crippen LogP contribution in [0, 0.1) is 11.8 Å². The summed E-state index contributed by atoms with van der Waals surface area (Å²) < 4.78 is 0. The van der Waals surface area contributed by atoms with Gasteiger partial charge in [-0.1, -0.05) is 34.6 Å². The molecule has 1 aliphatic heterocycles. The van der Waals surface area contributed by atoms with Gasteiger partial charge in [-0.25, -0.2) is 9.78 Å². The van der Waals surface area contributed by atoms with Gasteiger partial charge >= 0.3 is 5.97 Å². The van der Waals surface area contributed by atoms with E-state index in [-0.39, 0.29) is 50.6 Å². The van der Waals surface area contributed by atoms with Gasteiger partial charge in [-0.15, -0.1) is 0 Å². The summed E-state index contributed by atoms with van der Waals surface area (Å²) in [6.45, 7) is 9.12. The van der Waals surface area contributed by atoms with E-state index in [1.54, 1.807) is 6.92 Å². The molecule has 6 atom stereocenters. The molecule has 1 saturated heterocycles. The fraction of sp³-hybridized carbons (Fsp3) is 0.706. The number of carbonyl (C=O) groups excluding carboxylic acids is 6. The highest BCUT2D eigenvalue weighted by atomic mass is 32.2. The fourth-order valence-corrected chi connectivity index (χ4v) is 6.38. The van der Waals surface area contributed by atoms with Gasteiger partial charge in [0.1, 0.15) is 36.3 Å². The van der Waals surface area contributed by atoms with Crippen molar-refractivity contribution in [3.63, 3.8) is 0 Å². The lowest BCUT2D eigenvalue weighted by atomic mass is 10.0. The van der Waals surface area contributed by atoms with Gasteiger partial charge in [0.2, 0.25) is 35.4 Å². The lowest BCUT2D eigenvalue weighted by Gasteiger charge is -2.31. The summed E-state index contributed by atoms with van der Waals surface area (Å²) in [4.78, 5) is 100. The number of likely N-dealkylation sites (tertiary alicyclic amines) is 1. The number of aromatic nitrogens is 2. The molecule has 52 heavy (non-hydrogen) atoms. The zero-order valence-corrected chi connectivity index (χ0v) is 31.8. The second-order valence-corrected chi connectivity index (χ2v) is 14.8. The molecular formula is C34H57N9O8S. The molecule has 1 aromatic rings. The van der Waals surface area contributed by atoms with Crippen LogP contribution in [0.1, 0.15) is 78.8 Å². The second kappa shape index (κ2) is 22.0. The van der Waals surface area contributed by atoms with Crippen LogP contribution in [-0.4, -0.2) is 123 Å². The molecule has 9 N–H and O–H groups in total. The van der Waals surface area contributed by atoms with Gasteiger partial charge in [0, 0.05) is 24.9 Å². The minimum absolute atomic E-state index is 0.0341. The number of amides is 6. The SMILES string of the molecule is CC[C@H](NC(=O)[C@H](CC(C)C)NC(=O)[C@@H]1CCCN1C(=O)[C@H](Cc1cnc[nH]1)NC(=O)[C@H](CC(C)C)NC(=O)CN)C(=O)N[C@@H](CCSC)C(=O)O. The number of carboxylic acids is 1. The van der Waals surface area contributed by atoms with Crippen LogP contribution >= 0.6 is 11.8 Å². The van der Waals surface area contributed by atoms with E-state index in [0.717, 1.165) is 0 Å². The number of nitrogens with zero attached hydrogens (tertiary/aromatic N) is 2. The molecule has 0 aromatic carbocycles. The lowest BCUT2D eigenvalue weighted by Crippen LogP contribution is -2.59. The van der Waals surface area contributed by atoms with Crippen molar-refractivity contribution < 1.29 is 38.7 Å². The quantitative estimate of drug-likeness (QED) is 0.0761. The topological polar surface area (TPSA) is 258 Å². The first-order valence-corrected chi connectivity index (χ1v) is 19.2. The maximum atomic E-state index is 14.1. The van der Waals surface area contributed by atoms with Gasteiger partial charge in [-0.3, -0.25) is 28.8 Å². The highest BCUT2D eigenvalue weighted by molar-refractivity contribution is 7.98. The van der Waals surface area contributed by atoms with Crippen molar-refractivity contribution >= 4 is 53.2 Å². The molecule has 1 aromatic heterocycles. The minimum atomic E-state index is -1.18. The zero-order chi connectivity index (χ0) is 39.0. The Morgan fingerprint density at radius 3 is 2.00 bits per heavy atom. The Hall–Kier alpha value is -4.19. The smallest absolute Gasteiger partial charge is 0.326 e. The standard InChI is InChI=1S/C34H57N9O8S/c1-7-22(29(45)40-23(34(50)51)10-12-52-6)39-31(47)25(14-20(4)5)41-32(48)27-9-8-11-43(27)33(49)26(15-21-17-36-18-37-21)42-30(46)24(13-19(2)3)38-28(44)16-35/h17-20,22-27H,7-16,35H2,1-6H3,(H,36,37)(H,38,44)(H,39,47)(H,40,45)(H,41,48)(H,42,46)(H,50,51)/t22-,23-,24-,25-,26-,27-/m0/s1. The van der Waals surface area contributed by atoms with Crippen LogP contribution in [0.4, 0.5) is 0 Å². The van der Waals surface area contributed by atoms with Crippen molar-refractivity contribution in [1.29, 1.82) is 0 Å². The van der Waals surface area contributed by atoms with E-state index in [1.165, 1.54) is 29.2 Å². The van der Waals surface area contributed by atoms with E-state index >= 15 is 0 Å². The number of H-pyrrole nitrogens is 1. The largest absolute Gasteiger partial charge is 0.480 e. The molecule has 0 unspecified atom stereocenters. The summed E-state index contributed by atoms with van der Waals surface area (Å²) in [5, 5.41) is 22.9. The molecule has 0 spiro atoms. The van der Waals surface area contributed by atoms with Crippen LogP contribution in [0.2, 0.25) is 0 Å². The maximum absolute atomic E-state index is 14.1. The molecule has 0 radical (unpaired) electrons. The van der Waals surface area contributed by atoms with E-state index in [2.05, 4.69) is 36.6 Å². The van der Waals surface area contributed by atoms with Crippen molar-refractivity contribution in [2.45, 2.75) is 116 Å². The van der Waals surface area contributed by atoms with Gasteiger partial charge in [0.15, 0.2) is 0 Å². The van der Waals surface area contributed by atoms with Crippen molar-refractivity contribution in [3.05, 3.63) is 18.2 Å². The Labute approximate surface area is 309 Å². The summed E-state index contributed by atoms with van der Waals surface area (Å²) in [7, 11) is 0. The van der Waals surface area contributed by atoms with E-state index < -0.39 is 77.7 Å². The zero-order valence-electron chi connectivity index (χ0n) is 31.0. The number of hydrogen-bond acceptors (Lipinski definition) is 10. The number of nitrogens with two attached hydrogens (primary N) is 1. The highest BCUT2D eigenvalue weighted by Gasteiger charge is 2.40. The molecule has 1 fully saturated rings. The summed E-state index contributed by atoms with van der Waals surface area (Å²) in [6.07, 6.45) is 6.56. The summed E-state index contributed by atoms with van der Waals surface area (Å²) >= 11 is 1.45. The van der Waals surface area contributed by atoms with Crippen LogP contribution in [0.5, 0.6) is 0 Å². The third-order valence-electron chi connectivity index (χ3n) is 8.58. The molecule has 0 bridgehead atoms. The normalized spacial score (nSPS) is 17.1. The second-order valence-electron chi connectivity index (χ2n) is 13.8. The van der Waals surface area contributed by atoms with E-state index in [9.17, 15) is 38.7 Å². The van der Waals surface area contributed by atoms with Crippen molar-refractivity contribution in [3.8, 4) is 0 Å². The molecule has 2 rings (SSSR count). The summed E-state index contributed by atoms with van der Waals surface area (Å²) in [5.74, 6) is -4.09. The first kappa shape index (κ1) is 44.0. The van der Waals surface area contributed by atoms with E-state index in [0.29, 0.717) is 30.7 Å². The number of aromatic amines is 1. The molecule has 2 heterocycles. The first-order valence-electron chi connectivity index (χ1n) is 17.8. The predicted molar refractivity (Wildman–Crippen MR) is 196 cm³/mol. The molecule has 6 amide bonds. The Kier molecular flexibility index (Phi) is 18.6. The number of rotatable bonds is 22. The van der Waals surface area contributed by atoms with Gasteiger partial charge in [-0.2, -0.15) is 11.8 Å². The van der Waals surface area contributed by atoms with Gasteiger partial charge < -0.3 is 47.3 Å². The number of carbonyl (C=O) groups is 7. The Bertz CT molecular complexity index is 1360. The number of carboxylic acid groups (broad SMARTS) is 1. The van der Waals surface area contributed by atoms with Crippen LogP contribution in [0.3, 0.4) is 0 Å². The van der Waals surface area contributed by atoms with Gasteiger partial charge in [0.25, 0.3) is 0 Å². The highest BCUT2D eigenvalue weighted by Crippen LogP contribution is 2.21. The Morgan fingerprint density at radius 2 is 1.48 bits per heavy atom. The summed E-state index contributed by atoms with van der Waals surface area (Å²) in [6, 6.07) is -6.22. The molecule has 0 saturated carbocycles. The predicted octanol–water partition coefficient (Wildman–Crippen LogP) is -0.334. The Balaban J connectivity index is 2.25. The van der Waals surface area contributed by atoms with Crippen LogP contribution < -0.4 is 32.3 Å². The summed E-state index contributed by atoms with van der Waals surface area (Å²) in [5.41, 5.74) is 6.03. The third kappa shape index (κ3) is 14.1. The lowest BCUT2D eigenvalue weighted by molar-refractivity contribution is -0.143. The van der Waals surface area contributed by atoms with E-state index in [1.807, 2.05) is 34.0 Å². The minimum Gasteiger partial charge on any atom is -0.480 e. The number of thioether (sulfide) groups is 1. The number of aliphatic carboxylic acids is 1. The van der Waals surface area contributed by atoms with Crippen LogP contribution in [-0.2, 0) is 40.0 Å². The van der Waals surface area contributed by atoms with Crippen molar-refractivity contribution in [1.82, 2.24) is 41.5 Å². The van der Waals surface area contributed by atoms with Crippen molar-refractivity contribution in [2.24, 2.45) is 17.6 Å². The molecule has 1 aliphatic rings. The van der Waals surface area contributed by atoms with E-state index in [4.69, 9.17) is 5.73 Å². The van der Waals surface area contributed by atoms with Gasteiger partial charge in [-0.05, 0) is 62.4 Å². The molecule has 292 valence electrons. The van der Waals surface area contributed by atoms with Crippen molar-refractivity contribution in [2.75, 3.05) is 25.1 Å². The number of nitrogens with one attached hydrogen (secondary N) is 6. The fourth-order valence-electron chi connectivity index (χ4n) is 5.91. The monoisotopic (exact) mass is 751 g/mol. The van der Waals surface area contributed by atoms with Crippen LogP contribution in [0.15, 0.2) is 12.5 Å². The molecular weight excluding hydrogens is 694 g/mol. The third-order valence-corrected chi connectivity index (χ3v) is 9.23. The maximum Gasteiger partial charge on any atom is 0.326 e. The first-order chi connectivity index (χ1) is 24.6. The molecule has 17 nitrogen and oxygen atoms in total. The van der Waals surface area contributed by atoms with Crippen LogP contribution in [0.25, 0.3) is 0 Å². The molecule has 18 heteroatoms. The number of imidazole rings is 1. The average Bonchev–Trinajstić information content (AvgIpc) is 3.80. The molecule has 0 aliphatic carbocycles. The average molecular weight is 752 g/mol. The van der Waals surface area contributed by atoms with Gasteiger partial charge in [0.05, 0.1) is 12.9 Å².